The highest BCUT2D eigenvalue weighted by Gasteiger charge is 2.52. The standard InChI is InChI=1S/C15H26BN3O3/c1-14(2)15(3,4)22-16(21-14)12(9-17)10-18-11-13(20)19-7-5-6-8-19/h9-10,17-18H,5-8,11H2,1-4H3/b12-10+,17-9?. The molecule has 6 nitrogen and oxygen atoms in total. The molecule has 0 aromatic rings. The predicted molar refractivity (Wildman–Crippen MR) is 86.8 cm³/mol. The van der Waals surface area contributed by atoms with Crippen LogP contribution in [0.25, 0.3) is 0 Å². The third-order valence-corrected chi connectivity index (χ3v) is 4.67. The van der Waals surface area contributed by atoms with Crippen LogP contribution in [0.1, 0.15) is 40.5 Å². The molecule has 0 radical (unpaired) electrons. The first-order chi connectivity index (χ1) is 10.3. The Morgan fingerprint density at radius 1 is 1.23 bits per heavy atom. The lowest BCUT2D eigenvalue weighted by Crippen LogP contribution is -2.41. The number of hydrogen-bond donors (Lipinski definition) is 2. The maximum atomic E-state index is 12.0. The minimum Gasteiger partial charge on any atom is -0.399 e. The first-order valence-corrected chi connectivity index (χ1v) is 7.84. The van der Waals surface area contributed by atoms with Crippen LogP contribution in [0.2, 0.25) is 0 Å². The fraction of sp³-hybridized carbons (Fsp3) is 0.733. The summed E-state index contributed by atoms with van der Waals surface area (Å²) in [5, 5.41) is 10.5. The molecule has 2 aliphatic rings. The Bertz CT molecular complexity index is 455. The van der Waals surface area contributed by atoms with Gasteiger partial charge in [-0.1, -0.05) is 0 Å². The number of carbonyl (C=O) groups excluding carboxylic acids is 1. The van der Waals surface area contributed by atoms with Gasteiger partial charge in [-0.2, -0.15) is 0 Å². The number of rotatable bonds is 5. The van der Waals surface area contributed by atoms with Crippen LogP contribution in [-0.2, 0) is 14.1 Å². The summed E-state index contributed by atoms with van der Waals surface area (Å²) in [6, 6.07) is 0. The van der Waals surface area contributed by atoms with Gasteiger partial charge in [-0.3, -0.25) is 4.79 Å². The predicted octanol–water partition coefficient (Wildman–Crippen LogP) is 1.36. The highest BCUT2D eigenvalue weighted by Crippen LogP contribution is 2.38. The molecule has 0 unspecified atom stereocenters. The van der Waals surface area contributed by atoms with Gasteiger partial charge in [-0.15, -0.1) is 0 Å². The molecule has 0 aromatic carbocycles. The topological polar surface area (TPSA) is 74.7 Å². The zero-order chi connectivity index (χ0) is 16.4. The monoisotopic (exact) mass is 307 g/mol. The molecule has 2 N–H and O–H groups in total. The van der Waals surface area contributed by atoms with Crippen molar-refractivity contribution in [1.82, 2.24) is 10.2 Å². The lowest BCUT2D eigenvalue weighted by Gasteiger charge is -2.32. The summed E-state index contributed by atoms with van der Waals surface area (Å²) < 4.78 is 11.8. The van der Waals surface area contributed by atoms with Gasteiger partial charge in [-0.05, 0) is 46.7 Å². The van der Waals surface area contributed by atoms with Crippen LogP contribution >= 0.6 is 0 Å². The van der Waals surface area contributed by atoms with E-state index in [0.717, 1.165) is 25.9 Å². The Kier molecular flexibility index (Phi) is 4.97. The maximum absolute atomic E-state index is 12.0. The minimum absolute atomic E-state index is 0.0898. The normalized spacial score (nSPS) is 23.7. The number of nitrogens with one attached hydrogen (secondary N) is 2. The van der Waals surface area contributed by atoms with Crippen LogP contribution in [-0.4, -0.2) is 55.0 Å². The summed E-state index contributed by atoms with van der Waals surface area (Å²) in [4.78, 5) is 13.8. The van der Waals surface area contributed by atoms with Crippen molar-refractivity contribution in [3.8, 4) is 0 Å². The Morgan fingerprint density at radius 3 is 2.27 bits per heavy atom. The Balaban J connectivity index is 1.91. The summed E-state index contributed by atoms with van der Waals surface area (Å²) in [7, 11) is -0.586. The average Bonchev–Trinajstić information content (AvgIpc) is 3.02. The van der Waals surface area contributed by atoms with Gasteiger partial charge < -0.3 is 24.9 Å². The second-order valence-electron chi connectivity index (χ2n) is 6.85. The summed E-state index contributed by atoms with van der Waals surface area (Å²) >= 11 is 0. The molecule has 0 atom stereocenters. The van der Waals surface area contributed by atoms with Gasteiger partial charge >= 0.3 is 7.12 Å². The van der Waals surface area contributed by atoms with E-state index in [1.54, 1.807) is 6.20 Å². The van der Waals surface area contributed by atoms with Gasteiger partial charge in [0.2, 0.25) is 5.91 Å². The van der Waals surface area contributed by atoms with Crippen molar-refractivity contribution >= 4 is 19.2 Å². The second kappa shape index (κ2) is 6.42. The quantitative estimate of drug-likeness (QED) is 0.594. The molecule has 122 valence electrons. The average molecular weight is 307 g/mol. The number of allylic oxidation sites excluding steroid dienone is 1. The van der Waals surface area contributed by atoms with Gasteiger partial charge in [0.1, 0.15) is 0 Å². The van der Waals surface area contributed by atoms with Gasteiger partial charge in [0.25, 0.3) is 0 Å². The largest absolute Gasteiger partial charge is 0.497 e. The SMILES string of the molecule is CC1(C)OB(/C(C=N)=C/NCC(=O)N2CCCC2)OC1(C)C. The van der Waals surface area contributed by atoms with E-state index >= 15 is 0 Å². The van der Waals surface area contributed by atoms with Crippen LogP contribution in [0.3, 0.4) is 0 Å². The van der Waals surface area contributed by atoms with E-state index < -0.39 is 18.3 Å². The molecular formula is C15H26BN3O3. The van der Waals surface area contributed by atoms with Crippen molar-refractivity contribution in [3.63, 3.8) is 0 Å². The van der Waals surface area contributed by atoms with Crippen molar-refractivity contribution in [3.05, 3.63) is 11.7 Å². The Hall–Kier alpha value is -1.34. The molecule has 0 saturated carbocycles. The van der Waals surface area contributed by atoms with Crippen LogP contribution in [0, 0.1) is 5.41 Å². The zero-order valence-electron chi connectivity index (χ0n) is 13.9. The van der Waals surface area contributed by atoms with E-state index in [-0.39, 0.29) is 12.5 Å². The molecule has 0 aromatic heterocycles. The zero-order valence-corrected chi connectivity index (χ0v) is 13.9. The third kappa shape index (κ3) is 3.52. The Morgan fingerprint density at radius 2 is 1.77 bits per heavy atom. The number of amides is 1. The maximum Gasteiger partial charge on any atom is 0.497 e. The first-order valence-electron chi connectivity index (χ1n) is 7.84. The molecule has 0 spiro atoms. The van der Waals surface area contributed by atoms with Crippen LogP contribution in [0.5, 0.6) is 0 Å². The molecule has 0 bridgehead atoms. The first kappa shape index (κ1) is 17.0. The van der Waals surface area contributed by atoms with Crippen molar-refractivity contribution in [2.75, 3.05) is 19.6 Å². The van der Waals surface area contributed by atoms with Gasteiger partial charge in [0.15, 0.2) is 0 Å². The molecule has 2 rings (SSSR count). The lowest BCUT2D eigenvalue weighted by atomic mass is 9.79. The molecule has 2 saturated heterocycles. The molecule has 22 heavy (non-hydrogen) atoms. The van der Waals surface area contributed by atoms with Crippen LogP contribution < -0.4 is 5.32 Å². The van der Waals surface area contributed by atoms with Crippen LogP contribution in [0.15, 0.2) is 11.7 Å². The number of carbonyl (C=O) groups is 1. The van der Waals surface area contributed by atoms with Gasteiger partial charge in [-0.25, -0.2) is 0 Å². The van der Waals surface area contributed by atoms with E-state index in [9.17, 15) is 4.79 Å². The molecule has 0 aliphatic carbocycles. The third-order valence-electron chi connectivity index (χ3n) is 4.67. The molecule has 2 heterocycles. The number of hydrogen-bond acceptors (Lipinski definition) is 5. The van der Waals surface area contributed by atoms with Crippen LogP contribution in [0.4, 0.5) is 0 Å². The van der Waals surface area contributed by atoms with E-state index in [0.29, 0.717) is 5.47 Å². The minimum atomic E-state index is -0.586. The fourth-order valence-corrected chi connectivity index (χ4v) is 2.49. The summed E-state index contributed by atoms with van der Waals surface area (Å²) in [6.45, 7) is 9.81. The molecule has 2 fully saturated rings. The number of likely N-dealkylation sites (tertiary alicyclic amines) is 1. The van der Waals surface area contributed by atoms with E-state index in [4.69, 9.17) is 14.7 Å². The van der Waals surface area contributed by atoms with E-state index in [1.165, 1.54) is 6.21 Å². The highest BCUT2D eigenvalue weighted by atomic mass is 16.7. The van der Waals surface area contributed by atoms with Crippen molar-refractivity contribution < 1.29 is 14.1 Å². The summed E-state index contributed by atoms with van der Waals surface area (Å²) in [5.41, 5.74) is -0.302. The molecule has 1 amide bonds. The molecule has 7 heteroatoms. The van der Waals surface area contributed by atoms with Gasteiger partial charge in [0.05, 0.1) is 17.7 Å². The lowest BCUT2D eigenvalue weighted by molar-refractivity contribution is -0.128. The second-order valence-corrected chi connectivity index (χ2v) is 6.85. The van der Waals surface area contributed by atoms with Crippen molar-refractivity contribution in [2.45, 2.75) is 51.7 Å². The number of nitrogens with zero attached hydrogens (tertiary/aromatic N) is 1. The molecular weight excluding hydrogens is 281 g/mol. The summed E-state index contributed by atoms with van der Waals surface area (Å²) in [5.74, 6) is 0.0898. The van der Waals surface area contributed by atoms with Crippen molar-refractivity contribution in [2.24, 2.45) is 0 Å². The molecule has 2 aliphatic heterocycles. The van der Waals surface area contributed by atoms with Crippen molar-refractivity contribution in [1.29, 1.82) is 5.41 Å². The van der Waals surface area contributed by atoms with Gasteiger partial charge in [0, 0.05) is 24.8 Å². The van der Waals surface area contributed by atoms with E-state index in [2.05, 4.69) is 5.32 Å². The summed E-state index contributed by atoms with van der Waals surface area (Å²) in [6.07, 6.45) is 5.01. The Labute approximate surface area is 132 Å². The van der Waals surface area contributed by atoms with E-state index in [1.807, 2.05) is 32.6 Å². The highest BCUT2D eigenvalue weighted by molar-refractivity contribution is 6.60. The fourth-order valence-electron chi connectivity index (χ4n) is 2.49. The smallest absolute Gasteiger partial charge is 0.399 e.